The molecule has 1 heterocycles. The average Bonchev–Trinajstić information content (AvgIpc) is 2.70. The molecule has 0 atom stereocenters. The summed E-state index contributed by atoms with van der Waals surface area (Å²) < 4.78 is 7.87. The molecule has 0 radical (unpaired) electrons. The number of ether oxygens (including phenoxy) is 1. The van der Waals surface area contributed by atoms with Crippen molar-refractivity contribution >= 4 is 15.9 Å². The molecule has 0 unspecified atom stereocenters. The predicted molar refractivity (Wildman–Crippen MR) is 81.8 cm³/mol. The standard InChI is InChI=1S/C15H16BrN3O/c1-8-6-12(20-5)9(2)10(3)13(8)15-14(16)11(7-17)18-19(15)4/h6H,1-5H3. The Hall–Kier alpha value is -1.80. The molecule has 2 rings (SSSR count). The van der Waals surface area contributed by atoms with Gasteiger partial charge in [-0.15, -0.1) is 0 Å². The number of aromatic nitrogens is 2. The fourth-order valence-electron chi connectivity index (χ4n) is 2.46. The van der Waals surface area contributed by atoms with Gasteiger partial charge in [-0.05, 0) is 59.5 Å². The van der Waals surface area contributed by atoms with Gasteiger partial charge in [-0.2, -0.15) is 10.4 Å². The molecule has 0 N–H and O–H groups in total. The SMILES string of the molecule is COc1cc(C)c(-c2c(Br)c(C#N)nn2C)c(C)c1C. The van der Waals surface area contributed by atoms with E-state index in [0.717, 1.165) is 38.2 Å². The normalized spacial score (nSPS) is 10.4. The topological polar surface area (TPSA) is 50.8 Å². The second-order valence-electron chi connectivity index (χ2n) is 4.77. The van der Waals surface area contributed by atoms with Crippen molar-refractivity contribution in [3.8, 4) is 23.1 Å². The van der Waals surface area contributed by atoms with Crippen LogP contribution >= 0.6 is 15.9 Å². The number of hydrogen-bond acceptors (Lipinski definition) is 3. The molecular weight excluding hydrogens is 318 g/mol. The summed E-state index contributed by atoms with van der Waals surface area (Å²) in [7, 11) is 3.52. The summed E-state index contributed by atoms with van der Waals surface area (Å²) in [6, 6.07) is 4.12. The molecule has 0 saturated heterocycles. The van der Waals surface area contributed by atoms with E-state index >= 15 is 0 Å². The number of nitrogens with zero attached hydrogens (tertiary/aromatic N) is 3. The summed E-state index contributed by atoms with van der Waals surface area (Å²) in [6.07, 6.45) is 0. The van der Waals surface area contributed by atoms with Crippen LogP contribution < -0.4 is 4.74 Å². The molecular formula is C15H16BrN3O. The summed E-state index contributed by atoms with van der Waals surface area (Å²) in [5, 5.41) is 13.3. The van der Waals surface area contributed by atoms with Crippen LogP contribution in [0.1, 0.15) is 22.4 Å². The molecule has 0 fully saturated rings. The lowest BCUT2D eigenvalue weighted by Crippen LogP contribution is -2.01. The molecule has 0 spiro atoms. The van der Waals surface area contributed by atoms with Gasteiger partial charge in [-0.1, -0.05) is 0 Å². The van der Waals surface area contributed by atoms with Crippen LogP contribution in [0.4, 0.5) is 0 Å². The van der Waals surface area contributed by atoms with Crippen LogP contribution in [0.15, 0.2) is 10.5 Å². The van der Waals surface area contributed by atoms with Crippen molar-refractivity contribution < 1.29 is 4.74 Å². The molecule has 0 aliphatic carbocycles. The first kappa shape index (κ1) is 14.6. The minimum absolute atomic E-state index is 0.398. The maximum Gasteiger partial charge on any atom is 0.177 e. The number of benzene rings is 1. The van der Waals surface area contributed by atoms with Gasteiger partial charge in [0.05, 0.1) is 17.3 Å². The molecule has 1 aromatic heterocycles. The minimum Gasteiger partial charge on any atom is -0.496 e. The van der Waals surface area contributed by atoms with Crippen molar-refractivity contribution in [1.29, 1.82) is 5.26 Å². The predicted octanol–water partition coefficient (Wildman–Crippen LogP) is 3.66. The Bertz CT molecular complexity index is 726. The van der Waals surface area contributed by atoms with Gasteiger partial charge >= 0.3 is 0 Å². The Morgan fingerprint density at radius 1 is 1.30 bits per heavy atom. The fourth-order valence-corrected chi connectivity index (χ4v) is 3.09. The van der Waals surface area contributed by atoms with Crippen molar-refractivity contribution in [2.24, 2.45) is 7.05 Å². The van der Waals surface area contributed by atoms with E-state index in [1.807, 2.05) is 27.0 Å². The van der Waals surface area contributed by atoms with Gasteiger partial charge in [0.15, 0.2) is 5.69 Å². The highest BCUT2D eigenvalue weighted by Crippen LogP contribution is 2.38. The van der Waals surface area contributed by atoms with Gasteiger partial charge in [-0.25, -0.2) is 0 Å². The molecule has 5 heteroatoms. The molecule has 0 aliphatic heterocycles. The van der Waals surface area contributed by atoms with Crippen LogP contribution in [-0.2, 0) is 7.05 Å². The monoisotopic (exact) mass is 333 g/mol. The van der Waals surface area contributed by atoms with Gasteiger partial charge in [0, 0.05) is 12.6 Å². The van der Waals surface area contributed by atoms with Crippen molar-refractivity contribution in [2.75, 3.05) is 7.11 Å². The Morgan fingerprint density at radius 2 is 1.95 bits per heavy atom. The number of methoxy groups -OCH3 is 1. The number of hydrogen-bond donors (Lipinski definition) is 0. The van der Waals surface area contributed by atoms with E-state index in [0.29, 0.717) is 5.69 Å². The van der Waals surface area contributed by atoms with E-state index in [-0.39, 0.29) is 0 Å². The highest BCUT2D eigenvalue weighted by Gasteiger charge is 2.20. The van der Waals surface area contributed by atoms with E-state index in [9.17, 15) is 0 Å². The van der Waals surface area contributed by atoms with Crippen molar-refractivity contribution in [1.82, 2.24) is 9.78 Å². The lowest BCUT2D eigenvalue weighted by molar-refractivity contribution is 0.411. The summed E-state index contributed by atoms with van der Waals surface area (Å²) in [6.45, 7) is 6.13. The van der Waals surface area contributed by atoms with E-state index < -0.39 is 0 Å². The molecule has 4 nitrogen and oxygen atoms in total. The largest absolute Gasteiger partial charge is 0.496 e. The smallest absolute Gasteiger partial charge is 0.177 e. The molecule has 0 amide bonds. The highest BCUT2D eigenvalue weighted by molar-refractivity contribution is 9.10. The second-order valence-corrected chi connectivity index (χ2v) is 5.56. The Kier molecular flexibility index (Phi) is 3.87. The molecule has 104 valence electrons. The zero-order chi connectivity index (χ0) is 15.0. The van der Waals surface area contributed by atoms with Crippen LogP contribution in [0.3, 0.4) is 0 Å². The first-order valence-electron chi connectivity index (χ1n) is 6.20. The average molecular weight is 334 g/mol. The molecule has 2 aromatic rings. The third-order valence-corrected chi connectivity index (χ3v) is 4.35. The quantitative estimate of drug-likeness (QED) is 0.842. The zero-order valence-electron chi connectivity index (χ0n) is 12.2. The highest BCUT2D eigenvalue weighted by atomic mass is 79.9. The van der Waals surface area contributed by atoms with E-state index in [1.165, 1.54) is 0 Å². The van der Waals surface area contributed by atoms with E-state index in [2.05, 4.69) is 34.0 Å². The molecule has 0 bridgehead atoms. The fraction of sp³-hybridized carbons (Fsp3) is 0.333. The van der Waals surface area contributed by atoms with Gasteiger partial charge in [0.2, 0.25) is 0 Å². The summed E-state index contributed by atoms with van der Waals surface area (Å²) in [4.78, 5) is 0. The molecule has 20 heavy (non-hydrogen) atoms. The lowest BCUT2D eigenvalue weighted by atomic mass is 9.95. The van der Waals surface area contributed by atoms with Crippen LogP contribution in [0.25, 0.3) is 11.3 Å². The number of halogens is 1. The van der Waals surface area contributed by atoms with Crippen molar-refractivity contribution in [3.05, 3.63) is 32.9 Å². The first-order valence-corrected chi connectivity index (χ1v) is 6.99. The van der Waals surface area contributed by atoms with Crippen LogP contribution in [-0.4, -0.2) is 16.9 Å². The third-order valence-electron chi connectivity index (χ3n) is 3.60. The van der Waals surface area contributed by atoms with Gasteiger partial charge in [0.1, 0.15) is 11.8 Å². The van der Waals surface area contributed by atoms with Gasteiger partial charge < -0.3 is 4.74 Å². The molecule has 1 aromatic carbocycles. The Morgan fingerprint density at radius 3 is 2.45 bits per heavy atom. The second kappa shape index (κ2) is 5.29. The third kappa shape index (κ3) is 2.10. The number of aryl methyl sites for hydroxylation is 2. The van der Waals surface area contributed by atoms with Crippen molar-refractivity contribution in [2.45, 2.75) is 20.8 Å². The van der Waals surface area contributed by atoms with Crippen LogP contribution in [0.5, 0.6) is 5.75 Å². The minimum atomic E-state index is 0.398. The maximum absolute atomic E-state index is 9.10. The van der Waals surface area contributed by atoms with E-state index in [1.54, 1.807) is 11.8 Å². The summed E-state index contributed by atoms with van der Waals surface area (Å²) in [5.74, 6) is 0.877. The first-order chi connectivity index (χ1) is 9.42. The zero-order valence-corrected chi connectivity index (χ0v) is 13.8. The summed E-state index contributed by atoms with van der Waals surface area (Å²) in [5.41, 5.74) is 5.73. The lowest BCUT2D eigenvalue weighted by Gasteiger charge is -2.16. The Labute approximate surface area is 127 Å². The molecule has 0 saturated carbocycles. The van der Waals surface area contributed by atoms with Crippen LogP contribution in [0.2, 0.25) is 0 Å². The number of nitriles is 1. The molecule has 0 aliphatic rings. The summed E-state index contributed by atoms with van der Waals surface area (Å²) >= 11 is 3.49. The van der Waals surface area contributed by atoms with Gasteiger partial charge in [0.25, 0.3) is 0 Å². The van der Waals surface area contributed by atoms with E-state index in [4.69, 9.17) is 10.00 Å². The Balaban J connectivity index is 2.81. The van der Waals surface area contributed by atoms with Gasteiger partial charge in [-0.3, -0.25) is 4.68 Å². The maximum atomic E-state index is 9.10. The number of rotatable bonds is 2. The van der Waals surface area contributed by atoms with Crippen LogP contribution in [0, 0.1) is 32.1 Å². The van der Waals surface area contributed by atoms with Crippen molar-refractivity contribution in [3.63, 3.8) is 0 Å².